The first-order chi connectivity index (χ1) is 8.11. The van der Waals surface area contributed by atoms with E-state index in [1.165, 1.54) is 0 Å². The van der Waals surface area contributed by atoms with Gasteiger partial charge in [0.15, 0.2) is 6.10 Å². The molecule has 17 heavy (non-hydrogen) atoms. The van der Waals surface area contributed by atoms with E-state index in [0.717, 1.165) is 12.8 Å². The van der Waals surface area contributed by atoms with Crippen LogP contribution in [-0.4, -0.2) is 42.0 Å². The Morgan fingerprint density at radius 1 is 1.71 bits per heavy atom. The first-order valence-electron chi connectivity index (χ1n) is 5.66. The average Bonchev–Trinajstić information content (AvgIpc) is 2.58. The number of hydrogen-bond donors (Lipinski definition) is 1. The van der Waals surface area contributed by atoms with E-state index in [-0.39, 0.29) is 0 Å². The van der Waals surface area contributed by atoms with Crippen LogP contribution in [0.25, 0.3) is 10.4 Å². The van der Waals surface area contributed by atoms with Crippen LogP contribution in [0.4, 0.5) is 0 Å². The summed E-state index contributed by atoms with van der Waals surface area (Å²) in [5.74, 6) is -0.725. The van der Waals surface area contributed by atoms with Crippen LogP contribution < -0.4 is 0 Å². The molecule has 7 nitrogen and oxygen atoms in total. The number of aliphatic hydroxyl groups excluding tert-OH is 1. The quantitative estimate of drug-likeness (QED) is 0.248. The Morgan fingerprint density at radius 2 is 2.41 bits per heavy atom. The second kappa shape index (κ2) is 6.44. The molecular weight excluding hydrogens is 226 g/mol. The number of carbonyl (C=O) groups is 1. The van der Waals surface area contributed by atoms with Crippen molar-refractivity contribution in [3.05, 3.63) is 10.4 Å². The molecule has 96 valence electrons. The maximum atomic E-state index is 11.2. The van der Waals surface area contributed by atoms with Gasteiger partial charge in [-0.15, -0.1) is 0 Å². The molecule has 1 heterocycles. The lowest BCUT2D eigenvalue weighted by Gasteiger charge is -2.21. The van der Waals surface area contributed by atoms with E-state index in [0.29, 0.717) is 6.61 Å². The molecule has 7 heteroatoms. The van der Waals surface area contributed by atoms with Gasteiger partial charge in [-0.3, -0.25) is 0 Å². The highest BCUT2D eigenvalue weighted by Crippen LogP contribution is 2.23. The molecule has 0 saturated carbocycles. The van der Waals surface area contributed by atoms with E-state index in [4.69, 9.17) is 15.0 Å². The topological polar surface area (TPSA) is 105 Å². The molecule has 4 atom stereocenters. The van der Waals surface area contributed by atoms with Crippen LogP contribution >= 0.6 is 0 Å². The summed E-state index contributed by atoms with van der Waals surface area (Å²) >= 11 is 0. The number of azide groups is 1. The Hall–Kier alpha value is -1.30. The summed E-state index contributed by atoms with van der Waals surface area (Å²) in [6.45, 7) is 4.07. The Kier molecular flexibility index (Phi) is 5.21. The van der Waals surface area contributed by atoms with Gasteiger partial charge in [-0.2, -0.15) is 0 Å². The number of ether oxygens (including phenoxy) is 2. The van der Waals surface area contributed by atoms with Gasteiger partial charge in [0.2, 0.25) is 0 Å². The number of rotatable bonds is 6. The van der Waals surface area contributed by atoms with Gasteiger partial charge in [-0.1, -0.05) is 25.4 Å². The largest absolute Gasteiger partial charge is 0.457 e. The van der Waals surface area contributed by atoms with E-state index >= 15 is 0 Å². The molecule has 1 saturated heterocycles. The SMILES string of the molecule is CCCCO[C@@H]1[C@@H]([C@H](C)N=[N+]=[N-])OC(=O)[C@@H]1O. The summed E-state index contributed by atoms with van der Waals surface area (Å²) in [7, 11) is 0. The van der Waals surface area contributed by atoms with Crippen LogP contribution in [0, 0.1) is 0 Å². The Labute approximate surface area is 99.3 Å². The van der Waals surface area contributed by atoms with Crippen molar-refractivity contribution in [3.8, 4) is 0 Å². The minimum Gasteiger partial charge on any atom is -0.457 e. The smallest absolute Gasteiger partial charge is 0.338 e. The molecule has 0 bridgehead atoms. The fourth-order valence-electron chi connectivity index (χ4n) is 1.65. The van der Waals surface area contributed by atoms with E-state index in [9.17, 15) is 9.90 Å². The molecule has 0 amide bonds. The van der Waals surface area contributed by atoms with Crippen molar-refractivity contribution in [3.63, 3.8) is 0 Å². The van der Waals surface area contributed by atoms with E-state index in [2.05, 4.69) is 10.0 Å². The highest BCUT2D eigenvalue weighted by Gasteiger charge is 2.46. The summed E-state index contributed by atoms with van der Waals surface area (Å²) in [4.78, 5) is 13.9. The number of esters is 1. The van der Waals surface area contributed by atoms with Crippen LogP contribution in [0.2, 0.25) is 0 Å². The second-order valence-corrected chi connectivity index (χ2v) is 3.98. The zero-order valence-corrected chi connectivity index (χ0v) is 9.94. The molecule has 0 aromatic heterocycles. The van der Waals surface area contributed by atoms with Gasteiger partial charge in [-0.25, -0.2) is 4.79 Å². The predicted molar refractivity (Wildman–Crippen MR) is 59.1 cm³/mol. The fraction of sp³-hybridized carbons (Fsp3) is 0.900. The summed E-state index contributed by atoms with van der Waals surface area (Å²) in [6, 6.07) is -0.562. The van der Waals surface area contributed by atoms with Crippen molar-refractivity contribution < 1.29 is 19.4 Å². The number of carbonyl (C=O) groups excluding carboxylic acids is 1. The number of cyclic esters (lactones) is 1. The van der Waals surface area contributed by atoms with Gasteiger partial charge in [0, 0.05) is 11.5 Å². The van der Waals surface area contributed by atoms with Crippen LogP contribution in [0.1, 0.15) is 26.7 Å². The van der Waals surface area contributed by atoms with Crippen molar-refractivity contribution in [2.24, 2.45) is 5.11 Å². The standard InChI is InChI=1S/C10H17N3O4/c1-3-4-5-16-9-7(14)10(15)17-8(9)6(2)12-13-11/h6-9,14H,3-5H2,1-2H3/t6-,7+,8+,9-/m0/s1. The minimum atomic E-state index is -1.30. The lowest BCUT2D eigenvalue weighted by Crippen LogP contribution is -2.39. The molecule has 0 aromatic rings. The molecule has 0 unspecified atom stereocenters. The Balaban J connectivity index is 2.66. The van der Waals surface area contributed by atoms with Crippen LogP contribution in [0.15, 0.2) is 5.11 Å². The number of unbranched alkanes of at least 4 members (excludes halogenated alkanes) is 1. The average molecular weight is 243 g/mol. The molecule has 1 N–H and O–H groups in total. The summed E-state index contributed by atoms with van der Waals surface area (Å²) < 4.78 is 10.4. The monoisotopic (exact) mass is 243 g/mol. The number of hydrogen-bond acceptors (Lipinski definition) is 5. The molecule has 1 aliphatic heterocycles. The van der Waals surface area contributed by atoms with E-state index in [1.807, 2.05) is 6.92 Å². The van der Waals surface area contributed by atoms with Gasteiger partial charge in [0.1, 0.15) is 12.2 Å². The third-order valence-electron chi connectivity index (χ3n) is 2.65. The zero-order valence-electron chi connectivity index (χ0n) is 9.94. The van der Waals surface area contributed by atoms with Crippen LogP contribution in [0.3, 0.4) is 0 Å². The van der Waals surface area contributed by atoms with Gasteiger partial charge >= 0.3 is 5.97 Å². The van der Waals surface area contributed by atoms with Crippen LogP contribution in [0.5, 0.6) is 0 Å². The van der Waals surface area contributed by atoms with E-state index < -0.39 is 30.3 Å². The second-order valence-electron chi connectivity index (χ2n) is 3.98. The Bertz CT molecular complexity index is 317. The van der Waals surface area contributed by atoms with Crippen molar-refractivity contribution in [1.29, 1.82) is 0 Å². The molecule has 0 aliphatic carbocycles. The Morgan fingerprint density at radius 3 is 3.00 bits per heavy atom. The molecular formula is C10H17N3O4. The van der Waals surface area contributed by atoms with E-state index in [1.54, 1.807) is 6.92 Å². The predicted octanol–water partition coefficient (Wildman–Crippen LogP) is 1.16. The summed E-state index contributed by atoms with van der Waals surface area (Å²) in [6.07, 6.45) is -0.984. The first-order valence-corrected chi connectivity index (χ1v) is 5.66. The maximum absolute atomic E-state index is 11.2. The summed E-state index contributed by atoms with van der Waals surface area (Å²) in [5, 5.41) is 13.1. The summed E-state index contributed by atoms with van der Waals surface area (Å²) in [5.41, 5.74) is 8.34. The maximum Gasteiger partial charge on any atom is 0.338 e. The minimum absolute atomic E-state index is 0.439. The van der Waals surface area contributed by atoms with Gasteiger partial charge < -0.3 is 14.6 Å². The van der Waals surface area contributed by atoms with Gasteiger partial charge in [0.25, 0.3) is 0 Å². The van der Waals surface area contributed by atoms with Crippen molar-refractivity contribution in [1.82, 2.24) is 0 Å². The van der Waals surface area contributed by atoms with Crippen molar-refractivity contribution in [2.45, 2.75) is 51.0 Å². The highest BCUT2D eigenvalue weighted by atomic mass is 16.6. The number of aliphatic hydroxyl groups is 1. The van der Waals surface area contributed by atoms with Crippen molar-refractivity contribution in [2.75, 3.05) is 6.61 Å². The first kappa shape index (κ1) is 13.8. The van der Waals surface area contributed by atoms with Crippen molar-refractivity contribution >= 4 is 5.97 Å². The van der Waals surface area contributed by atoms with Gasteiger partial charge in [-0.05, 0) is 12.0 Å². The molecule has 1 fully saturated rings. The highest BCUT2D eigenvalue weighted by molar-refractivity contribution is 5.77. The van der Waals surface area contributed by atoms with Gasteiger partial charge in [0.05, 0.1) is 6.04 Å². The fourth-order valence-corrected chi connectivity index (χ4v) is 1.65. The molecule has 0 spiro atoms. The van der Waals surface area contributed by atoms with Crippen LogP contribution in [-0.2, 0) is 14.3 Å². The normalized spacial score (nSPS) is 29.6. The number of nitrogens with zero attached hydrogens (tertiary/aromatic N) is 3. The third kappa shape index (κ3) is 3.33. The third-order valence-corrected chi connectivity index (χ3v) is 2.65. The lowest BCUT2D eigenvalue weighted by molar-refractivity contribution is -0.147. The lowest BCUT2D eigenvalue weighted by atomic mass is 10.1. The molecule has 1 rings (SSSR count). The zero-order chi connectivity index (χ0) is 12.8. The molecule has 0 aromatic carbocycles. The molecule has 1 aliphatic rings. The molecule has 0 radical (unpaired) electrons.